The monoisotopic (exact) mass is 315 g/mol. The van der Waals surface area contributed by atoms with Gasteiger partial charge in [0.05, 0.1) is 12.8 Å². The third kappa shape index (κ3) is 2.98. The first-order valence-electron chi connectivity index (χ1n) is 6.45. The predicted octanol–water partition coefficient (Wildman–Crippen LogP) is 1.39. The van der Waals surface area contributed by atoms with Gasteiger partial charge in [0.2, 0.25) is 0 Å². The van der Waals surface area contributed by atoms with Gasteiger partial charge in [0.15, 0.2) is 5.82 Å². The van der Waals surface area contributed by atoms with Gasteiger partial charge < -0.3 is 15.0 Å². The molecule has 112 valence electrons. The molecule has 2 aromatic heterocycles. The highest BCUT2D eigenvalue weighted by Gasteiger charge is 2.13. The summed E-state index contributed by atoms with van der Waals surface area (Å²) in [5.41, 5.74) is 2.61. The van der Waals surface area contributed by atoms with Gasteiger partial charge in [-0.25, -0.2) is 9.97 Å². The van der Waals surface area contributed by atoms with Crippen LogP contribution in [0, 0.1) is 0 Å². The van der Waals surface area contributed by atoms with Crippen molar-refractivity contribution in [2.75, 3.05) is 11.6 Å². The Hall–Kier alpha value is -2.29. The number of nitrogens with zero attached hydrogens (tertiary/aromatic N) is 4. The van der Waals surface area contributed by atoms with E-state index in [4.69, 9.17) is 0 Å². The van der Waals surface area contributed by atoms with Gasteiger partial charge in [-0.1, -0.05) is 12.1 Å². The highest BCUT2D eigenvalue weighted by atomic mass is 32.2. The molecule has 8 heteroatoms. The molecule has 0 radical (unpaired) electrons. The van der Waals surface area contributed by atoms with Gasteiger partial charge in [0, 0.05) is 16.9 Å². The minimum Gasteiger partial charge on any atom is -0.609 e. The lowest BCUT2D eigenvalue weighted by Gasteiger charge is -2.09. The second-order valence-corrected chi connectivity index (χ2v) is 5.82. The number of aliphatic hydroxyl groups excluding tert-OH is 1. The minimum atomic E-state index is -1.28. The van der Waals surface area contributed by atoms with Crippen LogP contribution in [0.5, 0.6) is 0 Å². The van der Waals surface area contributed by atoms with Crippen molar-refractivity contribution in [2.45, 2.75) is 11.8 Å². The highest BCUT2D eigenvalue weighted by molar-refractivity contribution is 7.90. The van der Waals surface area contributed by atoms with Crippen LogP contribution in [0.1, 0.15) is 5.56 Å². The summed E-state index contributed by atoms with van der Waals surface area (Å²) in [4.78, 5) is 16.6. The molecule has 0 amide bonds. The number of hydrogen-bond donors (Lipinski definition) is 2. The van der Waals surface area contributed by atoms with E-state index in [0.717, 1.165) is 11.3 Å². The Morgan fingerprint density at radius 1 is 1.27 bits per heavy atom. The molecule has 3 aromatic rings. The van der Waals surface area contributed by atoms with Crippen molar-refractivity contribution in [3.8, 4) is 0 Å². The summed E-state index contributed by atoms with van der Waals surface area (Å²) in [6.45, 7) is -0.0405. The molecule has 7 nitrogen and oxygen atoms in total. The van der Waals surface area contributed by atoms with Crippen LogP contribution in [0.15, 0.2) is 41.9 Å². The second-order valence-electron chi connectivity index (χ2n) is 4.55. The number of nitrogens with one attached hydrogen (secondary N) is 1. The van der Waals surface area contributed by atoms with E-state index in [1.807, 2.05) is 24.3 Å². The second kappa shape index (κ2) is 6.22. The van der Waals surface area contributed by atoms with Crippen LogP contribution in [0.2, 0.25) is 0 Å². The number of anilines is 2. The molecular formula is C14H13N5O2S. The van der Waals surface area contributed by atoms with E-state index >= 15 is 0 Å². The molecule has 22 heavy (non-hydrogen) atoms. The van der Waals surface area contributed by atoms with E-state index in [2.05, 4.69) is 25.3 Å². The maximum absolute atomic E-state index is 11.5. The molecule has 0 aliphatic carbocycles. The Labute approximate surface area is 129 Å². The van der Waals surface area contributed by atoms with E-state index < -0.39 is 11.2 Å². The quantitative estimate of drug-likeness (QED) is 0.553. The van der Waals surface area contributed by atoms with Gasteiger partial charge in [-0.3, -0.25) is 0 Å². The topological polar surface area (TPSA) is 107 Å². The summed E-state index contributed by atoms with van der Waals surface area (Å²) in [5.74, 6) is 0.495. The van der Waals surface area contributed by atoms with Crippen LogP contribution in [0.25, 0.3) is 11.0 Å². The van der Waals surface area contributed by atoms with Crippen molar-refractivity contribution in [3.05, 3.63) is 42.4 Å². The van der Waals surface area contributed by atoms with Crippen LogP contribution in [-0.4, -0.2) is 35.9 Å². The third-order valence-corrected chi connectivity index (χ3v) is 3.70. The third-order valence-electron chi connectivity index (χ3n) is 2.98. The number of fused-ring (bicyclic) bond motifs is 1. The average Bonchev–Trinajstić information content (AvgIpc) is 2.55. The molecule has 0 spiro atoms. The fourth-order valence-corrected chi connectivity index (χ4v) is 2.37. The molecule has 0 saturated carbocycles. The van der Waals surface area contributed by atoms with Crippen LogP contribution >= 0.6 is 0 Å². The molecule has 0 bridgehead atoms. The van der Waals surface area contributed by atoms with Crippen LogP contribution in [-0.2, 0) is 17.8 Å². The number of aliphatic hydroxyl groups is 1. The van der Waals surface area contributed by atoms with Crippen molar-refractivity contribution in [1.82, 2.24) is 19.9 Å². The molecule has 2 heterocycles. The molecule has 0 aliphatic rings. The smallest absolute Gasteiger partial charge is 0.343 e. The molecule has 2 N–H and O–H groups in total. The van der Waals surface area contributed by atoms with Gasteiger partial charge >= 0.3 is 5.16 Å². The number of aromatic nitrogens is 4. The minimum absolute atomic E-state index is 0.0405. The first-order valence-corrected chi connectivity index (χ1v) is 8.01. The largest absolute Gasteiger partial charge is 0.609 e. The molecule has 3 rings (SSSR count). The van der Waals surface area contributed by atoms with Gasteiger partial charge in [-0.2, -0.15) is 9.97 Å². The number of hydrogen-bond acceptors (Lipinski definition) is 7. The summed E-state index contributed by atoms with van der Waals surface area (Å²) in [6.07, 6.45) is 4.45. The average molecular weight is 315 g/mol. The van der Waals surface area contributed by atoms with Gasteiger partial charge in [-0.15, -0.1) is 0 Å². The Balaban J connectivity index is 2.03. The van der Waals surface area contributed by atoms with Crippen molar-refractivity contribution in [3.63, 3.8) is 0 Å². The lowest BCUT2D eigenvalue weighted by atomic mass is 10.2. The van der Waals surface area contributed by atoms with Crippen LogP contribution in [0.3, 0.4) is 0 Å². The van der Waals surface area contributed by atoms with Gasteiger partial charge in [-0.05, 0) is 17.7 Å². The Morgan fingerprint density at radius 2 is 2.14 bits per heavy atom. The molecular weight excluding hydrogens is 302 g/mol. The molecule has 1 unspecified atom stereocenters. The summed E-state index contributed by atoms with van der Waals surface area (Å²) in [7, 11) is 0. The van der Waals surface area contributed by atoms with Crippen molar-refractivity contribution in [2.24, 2.45) is 0 Å². The van der Waals surface area contributed by atoms with Gasteiger partial charge in [0.25, 0.3) is 0 Å². The first-order chi connectivity index (χ1) is 10.7. The Morgan fingerprint density at radius 3 is 2.91 bits per heavy atom. The summed E-state index contributed by atoms with van der Waals surface area (Å²) in [6, 6.07) is 7.32. The van der Waals surface area contributed by atoms with Crippen molar-refractivity contribution < 1.29 is 9.66 Å². The fourth-order valence-electron chi connectivity index (χ4n) is 1.95. The first kappa shape index (κ1) is 14.6. The fraction of sp³-hybridized carbons (Fsp3) is 0.143. The van der Waals surface area contributed by atoms with E-state index in [9.17, 15) is 9.66 Å². The predicted molar refractivity (Wildman–Crippen MR) is 83.1 cm³/mol. The van der Waals surface area contributed by atoms with Crippen molar-refractivity contribution >= 4 is 33.7 Å². The Kier molecular flexibility index (Phi) is 4.14. The SMILES string of the molecule is C[S+]([O-])c1ncc2ncnc(Nc3cccc(CO)c3)c2n1. The number of rotatable bonds is 4. The number of benzene rings is 1. The molecule has 1 atom stereocenters. The van der Waals surface area contributed by atoms with E-state index in [0.29, 0.717) is 16.9 Å². The summed E-state index contributed by atoms with van der Waals surface area (Å²) >= 11 is -1.28. The maximum atomic E-state index is 11.5. The van der Waals surface area contributed by atoms with E-state index in [1.54, 1.807) is 0 Å². The van der Waals surface area contributed by atoms with E-state index in [-0.39, 0.29) is 11.8 Å². The summed E-state index contributed by atoms with van der Waals surface area (Å²) < 4.78 is 11.5. The standard InChI is InChI=1S/C14H13N5O2S/c1-22(21)14-15-6-11-12(19-14)13(17-8-16-11)18-10-4-2-3-9(5-10)7-20/h2-6,8,20H,7H2,1H3,(H,16,17,18). The zero-order chi connectivity index (χ0) is 15.5. The Bertz CT molecular complexity index is 812. The van der Waals surface area contributed by atoms with E-state index in [1.165, 1.54) is 18.8 Å². The van der Waals surface area contributed by atoms with Crippen LogP contribution in [0.4, 0.5) is 11.5 Å². The molecule has 0 fully saturated rings. The van der Waals surface area contributed by atoms with Crippen molar-refractivity contribution in [1.29, 1.82) is 0 Å². The van der Waals surface area contributed by atoms with Gasteiger partial charge in [0.1, 0.15) is 23.6 Å². The normalized spacial score (nSPS) is 12.3. The zero-order valence-corrected chi connectivity index (χ0v) is 12.5. The molecule has 1 aromatic carbocycles. The highest BCUT2D eigenvalue weighted by Crippen LogP contribution is 2.22. The maximum Gasteiger partial charge on any atom is 0.343 e. The lowest BCUT2D eigenvalue weighted by Crippen LogP contribution is -2.06. The van der Waals surface area contributed by atoms with Crippen LogP contribution < -0.4 is 5.32 Å². The lowest BCUT2D eigenvalue weighted by molar-refractivity contribution is 0.282. The zero-order valence-electron chi connectivity index (χ0n) is 11.7. The summed E-state index contributed by atoms with van der Waals surface area (Å²) in [5, 5.41) is 12.6. The molecule has 0 aliphatic heterocycles. The molecule has 0 saturated heterocycles.